The molecule has 204 valence electrons. The van der Waals surface area contributed by atoms with Crippen molar-refractivity contribution in [3.8, 4) is 0 Å². The van der Waals surface area contributed by atoms with Gasteiger partial charge in [-0.1, -0.05) is 174 Å². The third-order valence-corrected chi connectivity index (χ3v) is 7.20. The molecule has 0 radical (unpaired) electrons. The summed E-state index contributed by atoms with van der Waals surface area (Å²) in [5.41, 5.74) is 0. The van der Waals surface area contributed by atoms with Crippen LogP contribution in [0, 0.1) is 0 Å². The zero-order chi connectivity index (χ0) is 24.8. The van der Waals surface area contributed by atoms with Crippen LogP contribution in [0.15, 0.2) is 0 Å². The first kappa shape index (κ1) is 33.5. The summed E-state index contributed by atoms with van der Waals surface area (Å²) in [7, 11) is 0. The molecule has 0 saturated carbocycles. The lowest BCUT2D eigenvalue weighted by atomic mass is 10.0. The molecule has 0 fully saturated rings. The van der Waals surface area contributed by atoms with Crippen LogP contribution >= 0.6 is 0 Å². The van der Waals surface area contributed by atoms with Crippen LogP contribution in [0.3, 0.4) is 0 Å². The number of rotatable bonds is 29. The lowest BCUT2D eigenvalue weighted by Gasteiger charge is -2.05. The fourth-order valence-corrected chi connectivity index (χ4v) is 4.87. The molecule has 0 aromatic heterocycles. The topological polar surface area (TPSA) is 26.3 Å². The second-order valence-electron chi connectivity index (χ2n) is 10.8. The predicted molar refractivity (Wildman–Crippen MR) is 152 cm³/mol. The van der Waals surface area contributed by atoms with Crippen molar-refractivity contribution in [3.63, 3.8) is 0 Å². The van der Waals surface area contributed by atoms with E-state index < -0.39 is 0 Å². The van der Waals surface area contributed by atoms with Gasteiger partial charge >= 0.3 is 5.97 Å². The molecule has 0 rings (SSSR count). The first-order valence-corrected chi connectivity index (χ1v) is 16.0. The Bertz CT molecular complexity index is 379. The summed E-state index contributed by atoms with van der Waals surface area (Å²) < 4.78 is 5.11. The average molecular weight is 481 g/mol. The van der Waals surface area contributed by atoms with E-state index in [1.165, 1.54) is 161 Å². The molecule has 0 atom stereocenters. The normalized spacial score (nSPS) is 11.2. The first-order chi connectivity index (χ1) is 16.8. The fraction of sp³-hybridized carbons (Fsp3) is 0.969. The van der Waals surface area contributed by atoms with Crippen LogP contribution in [0.1, 0.15) is 194 Å². The van der Waals surface area contributed by atoms with E-state index in [9.17, 15) is 4.79 Å². The molecule has 0 heterocycles. The highest BCUT2D eigenvalue weighted by atomic mass is 16.5. The second kappa shape index (κ2) is 30.5. The van der Waals surface area contributed by atoms with Crippen molar-refractivity contribution in [3.05, 3.63) is 0 Å². The number of ether oxygens (including phenoxy) is 1. The van der Waals surface area contributed by atoms with Crippen molar-refractivity contribution in [2.24, 2.45) is 0 Å². The van der Waals surface area contributed by atoms with E-state index in [0.29, 0.717) is 13.0 Å². The van der Waals surface area contributed by atoms with Gasteiger partial charge in [0.1, 0.15) is 0 Å². The Morgan fingerprint density at radius 3 is 0.912 bits per heavy atom. The van der Waals surface area contributed by atoms with Gasteiger partial charge in [-0.15, -0.1) is 0 Å². The molecule has 0 saturated heterocycles. The lowest BCUT2D eigenvalue weighted by Crippen LogP contribution is -2.04. The molecule has 2 nitrogen and oxygen atoms in total. The molecule has 0 aliphatic carbocycles. The number of carbonyl (C=O) groups is 1. The lowest BCUT2D eigenvalue weighted by molar-refractivity contribution is -0.143. The second-order valence-corrected chi connectivity index (χ2v) is 10.8. The minimum absolute atomic E-state index is 0.00815. The summed E-state index contributed by atoms with van der Waals surface area (Å²) in [6.45, 7) is 4.92. The van der Waals surface area contributed by atoms with E-state index >= 15 is 0 Å². The van der Waals surface area contributed by atoms with Crippen LogP contribution in [-0.4, -0.2) is 12.6 Å². The molecule has 0 amide bonds. The highest BCUT2D eigenvalue weighted by Crippen LogP contribution is 2.16. The molecule has 0 N–H and O–H groups in total. The number of esters is 1. The fourth-order valence-electron chi connectivity index (χ4n) is 4.87. The monoisotopic (exact) mass is 480 g/mol. The van der Waals surface area contributed by atoms with Crippen molar-refractivity contribution in [1.82, 2.24) is 0 Å². The van der Waals surface area contributed by atoms with Gasteiger partial charge < -0.3 is 4.74 Å². The van der Waals surface area contributed by atoms with Gasteiger partial charge in [0.15, 0.2) is 0 Å². The molecule has 34 heavy (non-hydrogen) atoms. The summed E-state index contributed by atoms with van der Waals surface area (Å²) in [6, 6.07) is 0. The van der Waals surface area contributed by atoms with Crippen LogP contribution in [0.5, 0.6) is 0 Å². The molecule has 0 aliphatic heterocycles. The maximum absolute atomic E-state index is 11.4. The number of hydrogen-bond donors (Lipinski definition) is 0. The molecule has 2 heteroatoms. The molecule has 0 unspecified atom stereocenters. The Morgan fingerprint density at radius 1 is 0.382 bits per heavy atom. The standard InChI is InChI=1S/C32H64O2/c1-3-5-6-7-8-9-10-11-12-13-14-15-16-17-18-19-20-21-22-23-24-25-26-27-28-29-30-32(33)34-31-4-2/h3-31H2,1-2H3. The predicted octanol–water partition coefficient (Wildman–Crippen LogP) is 11.5. The SMILES string of the molecule is CCCCCCCCCCCCCCCCCCCCCCCCCCCCC(=O)OCCC. The van der Waals surface area contributed by atoms with Crippen LogP contribution in [0.2, 0.25) is 0 Å². The molecular weight excluding hydrogens is 416 g/mol. The third kappa shape index (κ3) is 29.5. The van der Waals surface area contributed by atoms with Gasteiger partial charge in [-0.05, 0) is 12.8 Å². The molecule has 0 aromatic rings. The maximum atomic E-state index is 11.4. The third-order valence-electron chi connectivity index (χ3n) is 7.20. The highest BCUT2D eigenvalue weighted by Gasteiger charge is 2.01. The van der Waals surface area contributed by atoms with Gasteiger partial charge in [-0.25, -0.2) is 0 Å². The minimum atomic E-state index is -0.00815. The molecular formula is C32H64O2. The zero-order valence-corrected chi connectivity index (χ0v) is 23.8. The van der Waals surface area contributed by atoms with Crippen molar-refractivity contribution >= 4 is 5.97 Å². The van der Waals surface area contributed by atoms with E-state index in [2.05, 4.69) is 6.92 Å². The summed E-state index contributed by atoms with van der Waals surface area (Å²) in [6.07, 6.45) is 38.2. The van der Waals surface area contributed by atoms with Crippen molar-refractivity contribution in [2.45, 2.75) is 194 Å². The first-order valence-electron chi connectivity index (χ1n) is 16.0. The van der Waals surface area contributed by atoms with Gasteiger partial charge in [-0.2, -0.15) is 0 Å². The highest BCUT2D eigenvalue weighted by molar-refractivity contribution is 5.69. The Balaban J connectivity index is 3.05. The van der Waals surface area contributed by atoms with Gasteiger partial charge in [-0.3, -0.25) is 4.79 Å². The van der Waals surface area contributed by atoms with Gasteiger partial charge in [0.25, 0.3) is 0 Å². The van der Waals surface area contributed by atoms with Crippen molar-refractivity contribution in [2.75, 3.05) is 6.61 Å². The summed E-state index contributed by atoms with van der Waals surface area (Å²) in [5.74, 6) is -0.00815. The smallest absolute Gasteiger partial charge is 0.305 e. The maximum Gasteiger partial charge on any atom is 0.305 e. The van der Waals surface area contributed by atoms with Crippen LogP contribution in [-0.2, 0) is 9.53 Å². The molecule has 0 bridgehead atoms. The summed E-state index contributed by atoms with van der Waals surface area (Å²) in [5, 5.41) is 0. The Labute approximate surface area is 215 Å². The van der Waals surface area contributed by atoms with Gasteiger partial charge in [0.05, 0.1) is 6.61 Å². The van der Waals surface area contributed by atoms with Crippen LogP contribution < -0.4 is 0 Å². The number of carbonyl (C=O) groups excluding carboxylic acids is 1. The van der Waals surface area contributed by atoms with E-state index in [1.807, 2.05) is 6.92 Å². The van der Waals surface area contributed by atoms with E-state index in [1.54, 1.807) is 0 Å². The summed E-state index contributed by atoms with van der Waals surface area (Å²) >= 11 is 0. The Hall–Kier alpha value is -0.530. The van der Waals surface area contributed by atoms with E-state index in [0.717, 1.165) is 12.8 Å². The van der Waals surface area contributed by atoms with E-state index in [-0.39, 0.29) is 5.97 Å². The van der Waals surface area contributed by atoms with E-state index in [4.69, 9.17) is 4.74 Å². The van der Waals surface area contributed by atoms with Crippen molar-refractivity contribution < 1.29 is 9.53 Å². The molecule has 0 spiro atoms. The largest absolute Gasteiger partial charge is 0.466 e. The number of hydrogen-bond acceptors (Lipinski definition) is 2. The quantitative estimate of drug-likeness (QED) is 0.0785. The number of unbranched alkanes of at least 4 members (excludes halogenated alkanes) is 25. The molecule has 0 aliphatic rings. The zero-order valence-electron chi connectivity index (χ0n) is 23.8. The van der Waals surface area contributed by atoms with Crippen LogP contribution in [0.4, 0.5) is 0 Å². The Morgan fingerprint density at radius 2 is 0.647 bits per heavy atom. The van der Waals surface area contributed by atoms with Gasteiger partial charge in [0, 0.05) is 6.42 Å². The van der Waals surface area contributed by atoms with Gasteiger partial charge in [0.2, 0.25) is 0 Å². The molecule has 0 aromatic carbocycles. The summed E-state index contributed by atoms with van der Waals surface area (Å²) in [4.78, 5) is 11.4. The van der Waals surface area contributed by atoms with Crippen molar-refractivity contribution in [1.29, 1.82) is 0 Å². The Kier molecular flexibility index (Phi) is 30.0. The van der Waals surface area contributed by atoms with Crippen LogP contribution in [0.25, 0.3) is 0 Å². The average Bonchev–Trinajstić information content (AvgIpc) is 2.84. The minimum Gasteiger partial charge on any atom is -0.466 e.